The maximum Gasteiger partial charge on any atom is 0.140 e. The zero-order valence-corrected chi connectivity index (χ0v) is 12.4. The predicted molar refractivity (Wildman–Crippen MR) is 72.0 cm³/mol. The second kappa shape index (κ2) is 6.32. The number of carbonyl (C=O) groups excluding carboxylic acids is 2. The van der Waals surface area contributed by atoms with Crippen molar-refractivity contribution in [2.75, 3.05) is 0 Å². The molecule has 0 aromatic rings. The molecule has 0 atom stereocenters. The fraction of sp³-hybridized carbons (Fsp3) is 0.867. The summed E-state index contributed by atoms with van der Waals surface area (Å²) >= 11 is 0. The van der Waals surface area contributed by atoms with Gasteiger partial charge in [0.15, 0.2) is 0 Å². The molecular formula is C15H28O2. The van der Waals surface area contributed by atoms with Crippen molar-refractivity contribution in [3.05, 3.63) is 0 Å². The van der Waals surface area contributed by atoms with Crippen molar-refractivity contribution < 1.29 is 9.59 Å². The molecule has 2 nitrogen and oxygen atoms in total. The molecule has 0 N–H and O–H groups in total. The molecule has 0 aromatic heterocycles. The normalized spacial score (nSPS) is 12.6. The van der Waals surface area contributed by atoms with Gasteiger partial charge in [0.25, 0.3) is 0 Å². The average molecular weight is 240 g/mol. The Hall–Kier alpha value is -0.660. The Kier molecular flexibility index (Phi) is 6.08. The van der Waals surface area contributed by atoms with E-state index < -0.39 is 0 Å². The SMILES string of the molecule is CCC(C)(C)CC(=O)CC(=O)CC(C)(C)CC. The van der Waals surface area contributed by atoms with Gasteiger partial charge in [-0.2, -0.15) is 0 Å². The van der Waals surface area contributed by atoms with E-state index in [2.05, 4.69) is 41.5 Å². The first-order valence-electron chi connectivity index (χ1n) is 6.65. The van der Waals surface area contributed by atoms with E-state index in [1.165, 1.54) is 0 Å². The van der Waals surface area contributed by atoms with Gasteiger partial charge in [-0.25, -0.2) is 0 Å². The molecule has 0 radical (unpaired) electrons. The van der Waals surface area contributed by atoms with Crippen molar-refractivity contribution >= 4 is 11.6 Å². The number of ketones is 2. The van der Waals surface area contributed by atoms with Crippen LogP contribution in [0.3, 0.4) is 0 Å². The van der Waals surface area contributed by atoms with Crippen molar-refractivity contribution in [3.63, 3.8) is 0 Å². The Morgan fingerprint density at radius 1 is 0.765 bits per heavy atom. The van der Waals surface area contributed by atoms with Gasteiger partial charge >= 0.3 is 0 Å². The van der Waals surface area contributed by atoms with E-state index in [0.29, 0.717) is 12.8 Å². The van der Waals surface area contributed by atoms with Crippen LogP contribution in [0.2, 0.25) is 0 Å². The topological polar surface area (TPSA) is 34.1 Å². The van der Waals surface area contributed by atoms with Crippen LogP contribution in [-0.4, -0.2) is 11.6 Å². The number of hydrogen-bond acceptors (Lipinski definition) is 2. The highest BCUT2D eigenvalue weighted by atomic mass is 16.1. The van der Waals surface area contributed by atoms with Crippen LogP contribution in [0.25, 0.3) is 0 Å². The number of Topliss-reactive ketones (excluding diaryl/α,β-unsaturated/α-hetero) is 2. The molecule has 0 aliphatic carbocycles. The fourth-order valence-electron chi connectivity index (χ4n) is 1.66. The zero-order chi connectivity index (χ0) is 13.7. The van der Waals surface area contributed by atoms with Crippen LogP contribution >= 0.6 is 0 Å². The lowest BCUT2D eigenvalue weighted by atomic mass is 9.81. The van der Waals surface area contributed by atoms with Gasteiger partial charge in [-0.3, -0.25) is 9.59 Å². The number of rotatable bonds is 8. The van der Waals surface area contributed by atoms with Crippen LogP contribution < -0.4 is 0 Å². The largest absolute Gasteiger partial charge is 0.299 e. The summed E-state index contributed by atoms with van der Waals surface area (Å²) in [4.78, 5) is 23.6. The Morgan fingerprint density at radius 3 is 1.29 bits per heavy atom. The lowest BCUT2D eigenvalue weighted by Crippen LogP contribution is -2.21. The molecule has 0 aliphatic heterocycles. The summed E-state index contributed by atoms with van der Waals surface area (Å²) in [5.41, 5.74) is 0.0509. The lowest BCUT2D eigenvalue weighted by Gasteiger charge is -2.23. The Balaban J connectivity index is 4.19. The van der Waals surface area contributed by atoms with Gasteiger partial charge < -0.3 is 0 Å². The first-order chi connectivity index (χ1) is 7.62. The molecule has 0 fully saturated rings. The molecule has 0 unspecified atom stereocenters. The van der Waals surface area contributed by atoms with Crippen LogP contribution in [0.4, 0.5) is 0 Å². The van der Waals surface area contributed by atoms with Gasteiger partial charge in [-0.1, -0.05) is 54.4 Å². The third-order valence-corrected chi connectivity index (χ3v) is 3.66. The highest BCUT2D eigenvalue weighted by Crippen LogP contribution is 2.27. The minimum absolute atomic E-state index is 0.0254. The van der Waals surface area contributed by atoms with Crippen LogP contribution in [0, 0.1) is 10.8 Å². The summed E-state index contributed by atoms with van der Waals surface area (Å²) in [6, 6.07) is 0. The summed E-state index contributed by atoms with van der Waals surface area (Å²) in [5, 5.41) is 0. The molecule has 2 heteroatoms. The standard InChI is InChI=1S/C15H28O2/c1-7-14(3,4)10-12(16)9-13(17)11-15(5,6)8-2/h7-11H2,1-6H3. The van der Waals surface area contributed by atoms with E-state index >= 15 is 0 Å². The third-order valence-electron chi connectivity index (χ3n) is 3.66. The van der Waals surface area contributed by atoms with Gasteiger partial charge in [0.2, 0.25) is 0 Å². The van der Waals surface area contributed by atoms with Crippen LogP contribution in [0.15, 0.2) is 0 Å². The van der Waals surface area contributed by atoms with E-state index in [1.807, 2.05) is 0 Å². The Labute approximate surface area is 106 Å². The number of hydrogen-bond donors (Lipinski definition) is 0. The summed E-state index contributed by atoms with van der Waals surface area (Å²) in [5.74, 6) is 0.183. The first kappa shape index (κ1) is 16.3. The van der Waals surface area contributed by atoms with Gasteiger partial charge in [0.05, 0.1) is 6.42 Å². The molecule has 0 aromatic carbocycles. The molecule has 0 heterocycles. The predicted octanol–water partition coefficient (Wildman–Crippen LogP) is 4.17. The third kappa shape index (κ3) is 7.30. The van der Waals surface area contributed by atoms with E-state index in [-0.39, 0.29) is 28.8 Å². The van der Waals surface area contributed by atoms with E-state index in [9.17, 15) is 9.59 Å². The summed E-state index contributed by atoms with van der Waals surface area (Å²) < 4.78 is 0. The lowest BCUT2D eigenvalue weighted by molar-refractivity contribution is -0.129. The molecule has 0 amide bonds. The molecular weight excluding hydrogens is 212 g/mol. The van der Waals surface area contributed by atoms with Crippen molar-refractivity contribution in [2.45, 2.75) is 73.6 Å². The quantitative estimate of drug-likeness (QED) is 0.597. The van der Waals surface area contributed by atoms with Crippen LogP contribution in [0.1, 0.15) is 73.6 Å². The highest BCUT2D eigenvalue weighted by molar-refractivity contribution is 5.99. The van der Waals surface area contributed by atoms with Crippen molar-refractivity contribution in [1.29, 1.82) is 0 Å². The molecule has 17 heavy (non-hydrogen) atoms. The fourth-order valence-corrected chi connectivity index (χ4v) is 1.66. The average Bonchev–Trinajstić information content (AvgIpc) is 2.15. The molecule has 0 spiro atoms. The second-order valence-corrected chi connectivity index (χ2v) is 6.64. The zero-order valence-electron chi connectivity index (χ0n) is 12.4. The number of carbonyl (C=O) groups is 2. The minimum atomic E-state index is 0.0254. The molecule has 0 saturated carbocycles. The van der Waals surface area contributed by atoms with Crippen molar-refractivity contribution in [1.82, 2.24) is 0 Å². The highest BCUT2D eigenvalue weighted by Gasteiger charge is 2.24. The van der Waals surface area contributed by atoms with Gasteiger partial charge in [0, 0.05) is 12.8 Å². The summed E-state index contributed by atoms with van der Waals surface area (Å²) in [6.45, 7) is 12.5. The maximum atomic E-state index is 11.8. The summed E-state index contributed by atoms with van der Waals surface area (Å²) in [6.07, 6.45) is 3.08. The Bertz CT molecular complexity index is 247. The molecule has 0 bridgehead atoms. The first-order valence-corrected chi connectivity index (χ1v) is 6.65. The monoisotopic (exact) mass is 240 g/mol. The second-order valence-electron chi connectivity index (χ2n) is 6.64. The van der Waals surface area contributed by atoms with E-state index in [4.69, 9.17) is 0 Å². The molecule has 0 aliphatic rings. The van der Waals surface area contributed by atoms with Crippen molar-refractivity contribution in [2.24, 2.45) is 10.8 Å². The van der Waals surface area contributed by atoms with Crippen LogP contribution in [-0.2, 0) is 9.59 Å². The molecule has 0 saturated heterocycles. The van der Waals surface area contributed by atoms with Gasteiger partial charge in [0.1, 0.15) is 11.6 Å². The van der Waals surface area contributed by atoms with Crippen molar-refractivity contribution in [3.8, 4) is 0 Å². The molecule has 0 rings (SSSR count). The molecule has 100 valence electrons. The van der Waals surface area contributed by atoms with Crippen LogP contribution in [0.5, 0.6) is 0 Å². The van der Waals surface area contributed by atoms with E-state index in [0.717, 1.165) is 12.8 Å². The minimum Gasteiger partial charge on any atom is -0.299 e. The Morgan fingerprint density at radius 2 is 1.06 bits per heavy atom. The van der Waals surface area contributed by atoms with E-state index in [1.54, 1.807) is 0 Å². The van der Waals surface area contributed by atoms with Gasteiger partial charge in [-0.15, -0.1) is 0 Å². The summed E-state index contributed by atoms with van der Waals surface area (Å²) in [7, 11) is 0. The van der Waals surface area contributed by atoms with Gasteiger partial charge in [-0.05, 0) is 10.8 Å². The smallest absolute Gasteiger partial charge is 0.140 e. The maximum absolute atomic E-state index is 11.8.